The van der Waals surface area contributed by atoms with E-state index in [2.05, 4.69) is 26.3 Å². The summed E-state index contributed by atoms with van der Waals surface area (Å²) in [5.74, 6) is -0.831. The molecule has 1 N–H and O–H groups in total. The molecule has 0 amide bonds. The highest BCUT2D eigenvalue weighted by Gasteiger charge is 2.13. The van der Waals surface area contributed by atoms with Crippen LogP contribution in [0.4, 0.5) is 8.78 Å². The van der Waals surface area contributed by atoms with E-state index >= 15 is 0 Å². The molecule has 2 aromatic rings. The normalized spacial score (nSPS) is 11.1. The molecular weight excluding hydrogens is 340 g/mol. The van der Waals surface area contributed by atoms with Crippen molar-refractivity contribution in [1.29, 1.82) is 0 Å². The molecule has 1 aromatic heterocycles. The van der Waals surface area contributed by atoms with Gasteiger partial charge in [-0.25, -0.2) is 8.78 Å². The quantitative estimate of drug-likeness (QED) is 0.852. The van der Waals surface area contributed by atoms with Crippen LogP contribution in [0.1, 0.15) is 30.8 Å². The molecule has 0 spiro atoms. The minimum absolute atomic E-state index is 0.270. The van der Waals surface area contributed by atoms with Crippen LogP contribution in [0.2, 0.25) is 0 Å². The van der Waals surface area contributed by atoms with Gasteiger partial charge in [-0.05, 0) is 47.5 Å². The first kappa shape index (κ1) is 16.1. The molecule has 0 radical (unpaired) electrons. The average molecular weight is 358 g/mol. The van der Waals surface area contributed by atoms with Gasteiger partial charge in [0.2, 0.25) is 0 Å². The van der Waals surface area contributed by atoms with E-state index < -0.39 is 11.6 Å². The summed E-state index contributed by atoms with van der Waals surface area (Å²) in [6.45, 7) is 5.65. The molecule has 1 heterocycles. The fourth-order valence-corrected chi connectivity index (χ4v) is 2.89. The number of aromatic nitrogens is 2. The van der Waals surface area contributed by atoms with Crippen LogP contribution in [0.3, 0.4) is 0 Å². The van der Waals surface area contributed by atoms with Crippen LogP contribution in [0.5, 0.6) is 0 Å². The molecule has 6 heteroatoms. The van der Waals surface area contributed by atoms with Gasteiger partial charge in [0, 0.05) is 25.2 Å². The van der Waals surface area contributed by atoms with Crippen molar-refractivity contribution in [3.8, 4) is 0 Å². The van der Waals surface area contributed by atoms with Gasteiger partial charge in [-0.15, -0.1) is 0 Å². The van der Waals surface area contributed by atoms with Gasteiger partial charge in [0.1, 0.15) is 11.6 Å². The highest BCUT2D eigenvalue weighted by molar-refractivity contribution is 9.10. The Bertz CT molecular complexity index is 626. The Labute approximate surface area is 131 Å². The van der Waals surface area contributed by atoms with Gasteiger partial charge < -0.3 is 5.32 Å². The van der Waals surface area contributed by atoms with Crippen molar-refractivity contribution in [2.24, 2.45) is 0 Å². The van der Waals surface area contributed by atoms with E-state index in [1.54, 1.807) is 0 Å². The van der Waals surface area contributed by atoms with Gasteiger partial charge in [0.15, 0.2) is 0 Å². The molecule has 0 atom stereocenters. The Morgan fingerprint density at radius 3 is 2.67 bits per heavy atom. The molecule has 0 saturated carbocycles. The summed E-state index contributed by atoms with van der Waals surface area (Å²) >= 11 is 3.56. The molecule has 0 saturated heterocycles. The molecule has 0 aliphatic carbocycles. The van der Waals surface area contributed by atoms with Gasteiger partial charge in [-0.3, -0.25) is 4.68 Å². The molecule has 0 unspecified atom stereocenters. The van der Waals surface area contributed by atoms with Gasteiger partial charge >= 0.3 is 0 Å². The summed E-state index contributed by atoms with van der Waals surface area (Å²) in [5.41, 5.74) is 2.35. The average Bonchev–Trinajstić information content (AvgIpc) is 2.79. The molecule has 3 nitrogen and oxygen atoms in total. The number of hydrogen-bond donors (Lipinski definition) is 1. The van der Waals surface area contributed by atoms with Gasteiger partial charge in [0.25, 0.3) is 0 Å². The lowest BCUT2D eigenvalue weighted by molar-refractivity contribution is 0.550. The topological polar surface area (TPSA) is 29.9 Å². The largest absolute Gasteiger partial charge is 0.307 e. The fourth-order valence-electron chi connectivity index (χ4n) is 2.18. The minimum Gasteiger partial charge on any atom is -0.307 e. The second-order valence-electron chi connectivity index (χ2n) is 4.72. The van der Waals surface area contributed by atoms with Crippen LogP contribution in [-0.2, 0) is 26.1 Å². The van der Waals surface area contributed by atoms with E-state index in [4.69, 9.17) is 0 Å². The lowest BCUT2D eigenvalue weighted by Gasteiger charge is -2.08. The molecule has 21 heavy (non-hydrogen) atoms. The highest BCUT2D eigenvalue weighted by Crippen LogP contribution is 2.22. The van der Waals surface area contributed by atoms with E-state index in [1.807, 2.05) is 18.5 Å². The summed E-state index contributed by atoms with van der Waals surface area (Å²) in [6.07, 6.45) is 0.846. The van der Waals surface area contributed by atoms with Crippen molar-refractivity contribution in [1.82, 2.24) is 15.1 Å². The van der Waals surface area contributed by atoms with E-state index in [0.29, 0.717) is 12.1 Å². The third-order valence-corrected chi connectivity index (χ3v) is 4.23. The molecule has 114 valence electrons. The van der Waals surface area contributed by atoms with Gasteiger partial charge in [0.05, 0.1) is 15.9 Å². The zero-order chi connectivity index (χ0) is 15.4. The first-order valence-corrected chi connectivity index (χ1v) is 7.74. The molecule has 0 aliphatic rings. The van der Waals surface area contributed by atoms with Crippen molar-refractivity contribution in [2.45, 2.75) is 39.9 Å². The number of aryl methyl sites for hydroxylation is 2. The maximum Gasteiger partial charge on any atom is 0.127 e. The third kappa shape index (κ3) is 3.68. The van der Waals surface area contributed by atoms with Crippen LogP contribution in [0.25, 0.3) is 0 Å². The van der Waals surface area contributed by atoms with Crippen molar-refractivity contribution in [3.05, 3.63) is 51.3 Å². The molecule has 1 aromatic carbocycles. The molecule has 0 bridgehead atoms. The van der Waals surface area contributed by atoms with Crippen LogP contribution < -0.4 is 5.32 Å². The fraction of sp³-hybridized carbons (Fsp3) is 0.400. The Morgan fingerprint density at radius 2 is 2.00 bits per heavy atom. The van der Waals surface area contributed by atoms with E-state index in [-0.39, 0.29) is 6.54 Å². The Kier molecular flexibility index (Phi) is 5.47. The molecular formula is C15H18BrF2N3. The van der Waals surface area contributed by atoms with E-state index in [1.165, 1.54) is 6.07 Å². The summed E-state index contributed by atoms with van der Waals surface area (Å²) in [6, 6.07) is 3.48. The Balaban J connectivity index is 2.06. The summed E-state index contributed by atoms with van der Waals surface area (Å²) < 4.78 is 29.6. The van der Waals surface area contributed by atoms with Gasteiger partial charge in [-0.1, -0.05) is 6.92 Å². The number of rotatable bonds is 6. The monoisotopic (exact) mass is 357 g/mol. The number of nitrogens with one attached hydrogen (secondary N) is 1. The van der Waals surface area contributed by atoms with Crippen LogP contribution in [0.15, 0.2) is 22.7 Å². The zero-order valence-corrected chi connectivity index (χ0v) is 13.7. The second kappa shape index (κ2) is 7.13. The number of benzene rings is 1. The first-order valence-electron chi connectivity index (χ1n) is 6.95. The number of nitrogens with zero attached hydrogens (tertiary/aromatic N) is 2. The standard InChI is InChI=1S/C15H18BrF2N3/c1-3-13-15(16)14(21(4-2)20-13)9-19-8-10-7-11(17)5-6-12(10)18/h5-7,19H,3-4,8-9H2,1-2H3. The summed E-state index contributed by atoms with van der Waals surface area (Å²) in [4.78, 5) is 0. The molecule has 0 aliphatic heterocycles. The maximum atomic E-state index is 13.5. The lowest BCUT2D eigenvalue weighted by atomic mass is 10.2. The Morgan fingerprint density at radius 1 is 1.24 bits per heavy atom. The SMILES string of the molecule is CCc1nn(CC)c(CNCc2cc(F)ccc2F)c1Br. The van der Waals surface area contributed by atoms with Crippen LogP contribution in [-0.4, -0.2) is 9.78 Å². The van der Waals surface area contributed by atoms with Crippen molar-refractivity contribution in [2.75, 3.05) is 0 Å². The number of halogens is 3. The minimum atomic E-state index is -0.429. The van der Waals surface area contributed by atoms with Crippen molar-refractivity contribution in [3.63, 3.8) is 0 Å². The third-order valence-electron chi connectivity index (χ3n) is 3.31. The smallest absolute Gasteiger partial charge is 0.127 e. The van der Waals surface area contributed by atoms with Crippen molar-refractivity contribution < 1.29 is 8.78 Å². The summed E-state index contributed by atoms with van der Waals surface area (Å²) in [7, 11) is 0. The number of hydrogen-bond acceptors (Lipinski definition) is 2. The predicted octanol–water partition coefficient (Wildman–Crippen LogP) is 3.80. The molecule has 2 rings (SSSR count). The van der Waals surface area contributed by atoms with Crippen molar-refractivity contribution >= 4 is 15.9 Å². The Hall–Kier alpha value is -1.27. The first-order chi connectivity index (χ1) is 10.1. The lowest BCUT2D eigenvalue weighted by Crippen LogP contribution is -2.17. The van der Waals surface area contributed by atoms with Gasteiger partial charge in [-0.2, -0.15) is 5.10 Å². The maximum absolute atomic E-state index is 13.5. The predicted molar refractivity (Wildman–Crippen MR) is 81.9 cm³/mol. The summed E-state index contributed by atoms with van der Waals surface area (Å²) in [5, 5.41) is 7.64. The zero-order valence-electron chi connectivity index (χ0n) is 12.1. The highest BCUT2D eigenvalue weighted by atomic mass is 79.9. The molecule has 0 fully saturated rings. The van der Waals surface area contributed by atoms with Crippen LogP contribution in [0, 0.1) is 11.6 Å². The second-order valence-corrected chi connectivity index (χ2v) is 5.51. The van der Waals surface area contributed by atoms with Crippen LogP contribution >= 0.6 is 15.9 Å². The van der Waals surface area contributed by atoms with E-state index in [0.717, 1.165) is 41.0 Å². The van der Waals surface area contributed by atoms with E-state index in [9.17, 15) is 8.78 Å².